The highest BCUT2D eigenvalue weighted by atomic mass is 35.5. The number of aliphatic imine (C=N–C) groups is 1. The van der Waals surface area contributed by atoms with Crippen molar-refractivity contribution in [2.45, 2.75) is 30.3 Å². The molecule has 0 unspecified atom stereocenters. The molecule has 0 bridgehead atoms. The number of halogens is 2. The fourth-order valence-electron chi connectivity index (χ4n) is 3.88. The average Bonchev–Trinajstić information content (AvgIpc) is 2.96. The summed E-state index contributed by atoms with van der Waals surface area (Å²) >= 11 is 7.31. The van der Waals surface area contributed by atoms with Crippen molar-refractivity contribution < 1.29 is 4.39 Å². The number of pyridine rings is 1. The van der Waals surface area contributed by atoms with Gasteiger partial charge in [-0.2, -0.15) is 0 Å². The fraction of sp³-hybridized carbons (Fsp3) is 0.333. The van der Waals surface area contributed by atoms with E-state index in [0.29, 0.717) is 39.4 Å². The molecule has 8 heteroatoms. The lowest BCUT2D eigenvalue weighted by atomic mass is 9.76. The van der Waals surface area contributed by atoms with Crippen molar-refractivity contribution in [2.24, 2.45) is 16.5 Å². The Bertz CT molecular complexity index is 874. The first-order valence-corrected chi connectivity index (χ1v) is 9.74. The van der Waals surface area contributed by atoms with Crippen molar-refractivity contribution in [1.82, 2.24) is 4.98 Å². The van der Waals surface area contributed by atoms with Gasteiger partial charge in [0.15, 0.2) is 5.17 Å². The van der Waals surface area contributed by atoms with Crippen LogP contribution in [0.4, 0.5) is 15.9 Å². The molecule has 0 spiro atoms. The van der Waals surface area contributed by atoms with Gasteiger partial charge in [0.1, 0.15) is 17.2 Å². The molecular formula is C18H19ClFN5S. The third kappa shape index (κ3) is 2.84. The highest BCUT2D eigenvalue weighted by Crippen LogP contribution is 2.53. The number of anilines is 2. The lowest BCUT2D eigenvalue weighted by Crippen LogP contribution is -2.58. The zero-order valence-electron chi connectivity index (χ0n) is 14.0. The third-order valence-electron chi connectivity index (χ3n) is 5.18. The van der Waals surface area contributed by atoms with Crippen LogP contribution >= 0.6 is 23.4 Å². The van der Waals surface area contributed by atoms with Crippen LogP contribution in [0, 0.1) is 5.82 Å². The molecule has 2 heterocycles. The van der Waals surface area contributed by atoms with Crippen LogP contribution < -0.4 is 16.8 Å². The summed E-state index contributed by atoms with van der Waals surface area (Å²) < 4.78 is 14.8. The Morgan fingerprint density at radius 1 is 1.23 bits per heavy atom. The number of aromatic nitrogens is 1. The van der Waals surface area contributed by atoms with E-state index in [-0.39, 0.29) is 5.82 Å². The molecule has 1 aliphatic carbocycles. The zero-order chi connectivity index (χ0) is 18.4. The summed E-state index contributed by atoms with van der Waals surface area (Å²) in [7, 11) is 0. The number of amidine groups is 1. The zero-order valence-corrected chi connectivity index (χ0v) is 15.6. The number of fused-ring (bicyclic) bond motifs is 1. The van der Waals surface area contributed by atoms with Crippen LogP contribution in [0.2, 0.25) is 5.02 Å². The lowest BCUT2D eigenvalue weighted by molar-refractivity contribution is 0.286. The van der Waals surface area contributed by atoms with E-state index in [1.165, 1.54) is 17.8 Å². The number of hydrogen-bond donors (Lipinski definition) is 3. The molecule has 26 heavy (non-hydrogen) atoms. The van der Waals surface area contributed by atoms with E-state index >= 15 is 0 Å². The molecule has 2 aliphatic rings. The molecule has 136 valence electrons. The van der Waals surface area contributed by atoms with Gasteiger partial charge in [-0.25, -0.2) is 14.4 Å². The first-order valence-electron chi connectivity index (χ1n) is 8.38. The smallest absolute Gasteiger partial charge is 0.154 e. The molecule has 2 atom stereocenters. The second-order valence-electron chi connectivity index (χ2n) is 6.79. The van der Waals surface area contributed by atoms with Gasteiger partial charge in [0.2, 0.25) is 0 Å². The predicted octanol–water partition coefficient (Wildman–Crippen LogP) is 3.76. The Kier molecular flexibility index (Phi) is 4.33. The first-order chi connectivity index (χ1) is 12.4. The van der Waals surface area contributed by atoms with Crippen LogP contribution in [-0.4, -0.2) is 21.4 Å². The summed E-state index contributed by atoms with van der Waals surface area (Å²) in [5.41, 5.74) is 12.5. The summed E-state index contributed by atoms with van der Waals surface area (Å²) in [4.78, 5) is 8.89. The van der Waals surface area contributed by atoms with Crippen LogP contribution in [-0.2, 0) is 5.54 Å². The normalized spacial score (nSPS) is 27.7. The maximum atomic E-state index is 14.8. The van der Waals surface area contributed by atoms with E-state index < -0.39 is 11.1 Å². The molecule has 1 aliphatic heterocycles. The second kappa shape index (κ2) is 6.40. The van der Waals surface area contributed by atoms with E-state index in [4.69, 9.17) is 23.1 Å². The number of rotatable bonds is 3. The van der Waals surface area contributed by atoms with Gasteiger partial charge in [-0.1, -0.05) is 23.4 Å². The minimum absolute atomic E-state index is 0.320. The van der Waals surface area contributed by atoms with Crippen molar-refractivity contribution in [3.05, 3.63) is 52.9 Å². The van der Waals surface area contributed by atoms with Crippen LogP contribution in [0.25, 0.3) is 0 Å². The standard InChI is InChI=1S/C18H19ClFN5S/c19-11-2-5-15(23-9-11)24-12-3-4-14(20)13(8-12)18-7-1-6-17(18,22)10-26-16(21)25-18/h2-5,8-9H,1,6-7,10,22H2,(H2,21,25)(H,23,24)/t17-,18-/m1/s1. The van der Waals surface area contributed by atoms with Crippen molar-refractivity contribution in [2.75, 3.05) is 11.1 Å². The van der Waals surface area contributed by atoms with E-state index in [2.05, 4.69) is 15.3 Å². The molecule has 4 rings (SSSR count). The van der Waals surface area contributed by atoms with Crippen molar-refractivity contribution in [3.8, 4) is 0 Å². The molecule has 0 saturated heterocycles. The van der Waals surface area contributed by atoms with Gasteiger partial charge in [0.25, 0.3) is 0 Å². The Morgan fingerprint density at radius 2 is 2.08 bits per heavy atom. The van der Waals surface area contributed by atoms with Gasteiger partial charge in [-0.3, -0.25) is 0 Å². The summed E-state index contributed by atoms with van der Waals surface area (Å²) in [6.45, 7) is 0. The highest BCUT2D eigenvalue weighted by Gasteiger charge is 2.56. The molecule has 1 aromatic heterocycles. The number of nitrogens with one attached hydrogen (secondary N) is 1. The molecular weight excluding hydrogens is 373 g/mol. The van der Waals surface area contributed by atoms with Crippen LogP contribution in [0.15, 0.2) is 41.5 Å². The lowest BCUT2D eigenvalue weighted by Gasteiger charge is -2.44. The molecule has 0 radical (unpaired) electrons. The van der Waals surface area contributed by atoms with E-state index in [9.17, 15) is 4.39 Å². The van der Waals surface area contributed by atoms with E-state index in [1.54, 1.807) is 30.5 Å². The Balaban J connectivity index is 1.76. The number of benzene rings is 1. The minimum Gasteiger partial charge on any atom is -0.379 e. The number of thioether (sulfide) groups is 1. The molecule has 1 saturated carbocycles. The maximum absolute atomic E-state index is 14.8. The van der Waals surface area contributed by atoms with Crippen molar-refractivity contribution in [1.29, 1.82) is 0 Å². The Labute approximate surface area is 160 Å². The van der Waals surface area contributed by atoms with Crippen molar-refractivity contribution >= 4 is 40.0 Å². The molecule has 5 nitrogen and oxygen atoms in total. The number of nitrogens with zero attached hydrogens (tertiary/aromatic N) is 2. The Hall–Kier alpha value is -1.83. The molecule has 1 fully saturated rings. The average molecular weight is 392 g/mol. The predicted molar refractivity (Wildman–Crippen MR) is 105 cm³/mol. The van der Waals surface area contributed by atoms with Gasteiger partial charge in [-0.15, -0.1) is 0 Å². The maximum Gasteiger partial charge on any atom is 0.154 e. The SMILES string of the molecule is NC1=N[C@@]2(c3cc(Nc4ccc(Cl)cn4)ccc3F)CCC[C@@]2(N)CS1. The largest absolute Gasteiger partial charge is 0.379 e. The van der Waals surface area contributed by atoms with Gasteiger partial charge >= 0.3 is 0 Å². The van der Waals surface area contributed by atoms with Crippen LogP contribution in [0.5, 0.6) is 0 Å². The minimum atomic E-state index is -0.822. The van der Waals surface area contributed by atoms with Gasteiger partial charge in [0, 0.05) is 23.2 Å². The van der Waals surface area contributed by atoms with E-state index in [1.807, 2.05) is 0 Å². The third-order valence-corrected chi connectivity index (χ3v) is 6.45. The van der Waals surface area contributed by atoms with E-state index in [0.717, 1.165) is 12.8 Å². The van der Waals surface area contributed by atoms with Gasteiger partial charge in [0.05, 0.1) is 10.6 Å². The Morgan fingerprint density at radius 3 is 2.85 bits per heavy atom. The summed E-state index contributed by atoms with van der Waals surface area (Å²) in [5, 5.41) is 4.19. The van der Waals surface area contributed by atoms with Gasteiger partial charge in [-0.05, 0) is 49.6 Å². The molecule has 1 aromatic carbocycles. The van der Waals surface area contributed by atoms with Crippen LogP contribution in [0.3, 0.4) is 0 Å². The fourth-order valence-corrected chi connectivity index (χ4v) is 5.00. The van der Waals surface area contributed by atoms with Crippen molar-refractivity contribution in [3.63, 3.8) is 0 Å². The highest BCUT2D eigenvalue weighted by molar-refractivity contribution is 8.13. The summed E-state index contributed by atoms with van der Waals surface area (Å²) in [6.07, 6.45) is 3.93. The molecule has 2 aromatic rings. The quantitative estimate of drug-likeness (QED) is 0.741. The molecule has 0 amide bonds. The van der Waals surface area contributed by atoms with Gasteiger partial charge < -0.3 is 16.8 Å². The summed E-state index contributed by atoms with van der Waals surface area (Å²) in [6, 6.07) is 8.38. The number of nitrogens with two attached hydrogens (primary N) is 2. The monoisotopic (exact) mass is 391 g/mol. The van der Waals surface area contributed by atoms with Crippen LogP contribution in [0.1, 0.15) is 24.8 Å². The molecule has 5 N–H and O–H groups in total. The first kappa shape index (κ1) is 17.6. The second-order valence-corrected chi connectivity index (χ2v) is 8.22. The topological polar surface area (TPSA) is 89.3 Å². The number of hydrogen-bond acceptors (Lipinski definition) is 6. The summed E-state index contributed by atoms with van der Waals surface area (Å²) in [5.74, 6) is 0.940.